The maximum atomic E-state index is 9.84. The van der Waals surface area contributed by atoms with Gasteiger partial charge in [0.2, 0.25) is 0 Å². The highest BCUT2D eigenvalue weighted by Gasteiger charge is 2.49. The lowest BCUT2D eigenvalue weighted by Crippen LogP contribution is -2.63. The number of hydrogen-bond acceptors (Lipinski definition) is 11. The molecule has 0 aromatic rings. The van der Waals surface area contributed by atoms with E-state index in [1.54, 1.807) is 0 Å². The quantitative estimate of drug-likeness (QED) is 0.243. The lowest BCUT2D eigenvalue weighted by molar-refractivity contribution is -0.376. The molecule has 0 aromatic carbocycles. The standard InChI is InChI=1S/C12H22O11/c13-1-3-5(15)7(17)9(19)11(21-3)23-12-10(20)8(18)6(16)4(2-14)22-12/h3-20H,1-2H2/t3-,4+,5-,6+,7-,8-,9+,10+,11+,12-/m1/s1. The lowest BCUT2D eigenvalue weighted by Gasteiger charge is -2.44. The molecule has 0 spiro atoms. The fraction of sp³-hybridized carbons (Fsp3) is 1.00. The van der Waals surface area contributed by atoms with Crippen molar-refractivity contribution < 1.29 is 55.1 Å². The van der Waals surface area contributed by atoms with Crippen LogP contribution in [0.25, 0.3) is 0 Å². The van der Waals surface area contributed by atoms with Gasteiger partial charge in [-0.2, -0.15) is 0 Å². The molecule has 0 saturated carbocycles. The number of aliphatic hydroxyl groups excluding tert-OH is 8. The summed E-state index contributed by atoms with van der Waals surface area (Å²) in [5.41, 5.74) is 0. The predicted molar refractivity (Wildman–Crippen MR) is 68.6 cm³/mol. The van der Waals surface area contributed by atoms with Crippen molar-refractivity contribution in [1.29, 1.82) is 0 Å². The Hall–Kier alpha value is -0.440. The number of hydrogen-bond donors (Lipinski definition) is 8. The van der Waals surface area contributed by atoms with E-state index < -0.39 is 74.6 Å². The highest BCUT2D eigenvalue weighted by Crippen LogP contribution is 2.27. The third-order valence-corrected chi connectivity index (χ3v) is 3.97. The molecule has 2 aliphatic heterocycles. The van der Waals surface area contributed by atoms with Gasteiger partial charge >= 0.3 is 0 Å². The van der Waals surface area contributed by atoms with Gasteiger partial charge in [0.1, 0.15) is 48.8 Å². The molecule has 11 heteroatoms. The van der Waals surface area contributed by atoms with Gasteiger partial charge < -0.3 is 55.1 Å². The molecule has 136 valence electrons. The van der Waals surface area contributed by atoms with Crippen molar-refractivity contribution in [2.45, 2.75) is 61.4 Å². The third-order valence-electron chi connectivity index (χ3n) is 3.97. The summed E-state index contributed by atoms with van der Waals surface area (Å²) >= 11 is 0. The summed E-state index contributed by atoms with van der Waals surface area (Å²) in [5.74, 6) is 0. The summed E-state index contributed by atoms with van der Waals surface area (Å²) in [7, 11) is 0. The van der Waals surface area contributed by atoms with Crippen molar-refractivity contribution >= 4 is 0 Å². The number of ether oxygens (including phenoxy) is 3. The van der Waals surface area contributed by atoms with E-state index in [2.05, 4.69) is 0 Å². The monoisotopic (exact) mass is 342 g/mol. The van der Waals surface area contributed by atoms with Crippen LogP contribution in [0.15, 0.2) is 0 Å². The Bertz CT molecular complexity index is 344. The van der Waals surface area contributed by atoms with Crippen LogP contribution in [0.3, 0.4) is 0 Å². The van der Waals surface area contributed by atoms with Gasteiger partial charge in [-0.1, -0.05) is 0 Å². The van der Waals surface area contributed by atoms with Gasteiger partial charge in [-0.05, 0) is 0 Å². The molecule has 2 heterocycles. The Morgan fingerprint density at radius 2 is 0.913 bits per heavy atom. The maximum absolute atomic E-state index is 9.84. The third kappa shape index (κ3) is 3.65. The highest BCUT2D eigenvalue weighted by atomic mass is 16.8. The van der Waals surface area contributed by atoms with Gasteiger partial charge in [-0.3, -0.25) is 0 Å². The Morgan fingerprint density at radius 3 is 1.22 bits per heavy atom. The summed E-state index contributed by atoms with van der Waals surface area (Å²) in [5, 5.41) is 76.4. The largest absolute Gasteiger partial charge is 0.394 e. The van der Waals surface area contributed by atoms with Crippen LogP contribution in [0.1, 0.15) is 0 Å². The minimum atomic E-state index is -1.72. The molecule has 23 heavy (non-hydrogen) atoms. The molecule has 2 aliphatic rings. The second kappa shape index (κ2) is 7.63. The highest BCUT2D eigenvalue weighted by molar-refractivity contribution is 4.92. The molecule has 0 bridgehead atoms. The Morgan fingerprint density at radius 1 is 0.565 bits per heavy atom. The van der Waals surface area contributed by atoms with Crippen LogP contribution in [0.4, 0.5) is 0 Å². The minimum Gasteiger partial charge on any atom is -0.394 e. The van der Waals surface area contributed by atoms with Crippen LogP contribution < -0.4 is 0 Å². The molecule has 2 rings (SSSR count). The van der Waals surface area contributed by atoms with Crippen molar-refractivity contribution in [2.75, 3.05) is 13.2 Å². The second-order valence-corrected chi connectivity index (χ2v) is 5.53. The zero-order chi connectivity index (χ0) is 17.3. The van der Waals surface area contributed by atoms with Crippen molar-refractivity contribution in [3.05, 3.63) is 0 Å². The Balaban J connectivity index is 2.07. The van der Waals surface area contributed by atoms with Gasteiger partial charge in [0.15, 0.2) is 12.6 Å². The van der Waals surface area contributed by atoms with Gasteiger partial charge in [-0.25, -0.2) is 0 Å². The molecule has 2 saturated heterocycles. The van der Waals surface area contributed by atoms with Gasteiger partial charge in [-0.15, -0.1) is 0 Å². The Labute approximate surface area is 130 Å². The summed E-state index contributed by atoms with van der Waals surface area (Å²) < 4.78 is 15.3. The van der Waals surface area contributed by atoms with Crippen molar-refractivity contribution in [1.82, 2.24) is 0 Å². The molecule has 0 aromatic heterocycles. The molecular formula is C12H22O11. The summed E-state index contributed by atoms with van der Waals surface area (Å²) in [6.07, 6.45) is -15.6. The fourth-order valence-electron chi connectivity index (χ4n) is 2.49. The number of aliphatic hydroxyl groups is 8. The topological polar surface area (TPSA) is 190 Å². The molecule has 8 N–H and O–H groups in total. The minimum absolute atomic E-state index is 0.667. The van der Waals surface area contributed by atoms with E-state index in [4.69, 9.17) is 24.4 Å². The van der Waals surface area contributed by atoms with Gasteiger partial charge in [0, 0.05) is 0 Å². The summed E-state index contributed by atoms with van der Waals surface area (Å²) in [4.78, 5) is 0. The summed E-state index contributed by atoms with van der Waals surface area (Å²) in [6.45, 7) is -1.33. The van der Waals surface area contributed by atoms with E-state index in [9.17, 15) is 30.6 Å². The first-order chi connectivity index (χ1) is 10.8. The van der Waals surface area contributed by atoms with Crippen LogP contribution in [0.2, 0.25) is 0 Å². The zero-order valence-corrected chi connectivity index (χ0v) is 12.0. The van der Waals surface area contributed by atoms with Crippen LogP contribution in [-0.2, 0) is 14.2 Å². The lowest BCUT2D eigenvalue weighted by atomic mass is 9.98. The average molecular weight is 342 g/mol. The van der Waals surface area contributed by atoms with Crippen LogP contribution in [0.5, 0.6) is 0 Å². The SMILES string of the molecule is OC[C@@H]1O[C@H](O[C@@H]2O[C@H](CO)[C@@H](O)[C@@H](O)[C@@H]2O)[C@@H](O)[C@H](O)[C@H]1O. The molecule has 0 unspecified atom stereocenters. The van der Waals surface area contributed by atoms with Crippen molar-refractivity contribution in [3.8, 4) is 0 Å². The molecule has 2 fully saturated rings. The van der Waals surface area contributed by atoms with Gasteiger partial charge in [0.25, 0.3) is 0 Å². The predicted octanol–water partition coefficient (Wildman–Crippen LogP) is -5.40. The first-order valence-corrected chi connectivity index (χ1v) is 7.08. The first-order valence-electron chi connectivity index (χ1n) is 7.08. The second-order valence-electron chi connectivity index (χ2n) is 5.53. The smallest absolute Gasteiger partial charge is 0.189 e. The van der Waals surface area contributed by atoms with E-state index >= 15 is 0 Å². The van der Waals surface area contributed by atoms with E-state index in [0.717, 1.165) is 0 Å². The average Bonchev–Trinajstić information content (AvgIpc) is 2.55. The van der Waals surface area contributed by atoms with Crippen molar-refractivity contribution in [3.63, 3.8) is 0 Å². The molecule has 0 aliphatic carbocycles. The van der Waals surface area contributed by atoms with Gasteiger partial charge in [0.05, 0.1) is 13.2 Å². The van der Waals surface area contributed by atoms with E-state index in [1.165, 1.54) is 0 Å². The summed E-state index contributed by atoms with van der Waals surface area (Å²) in [6, 6.07) is 0. The molecule has 0 radical (unpaired) electrons. The van der Waals surface area contributed by atoms with Crippen LogP contribution >= 0.6 is 0 Å². The van der Waals surface area contributed by atoms with E-state index in [-0.39, 0.29) is 0 Å². The molecular weight excluding hydrogens is 320 g/mol. The van der Waals surface area contributed by atoms with Crippen LogP contribution in [0, 0.1) is 0 Å². The number of rotatable bonds is 4. The van der Waals surface area contributed by atoms with E-state index in [0.29, 0.717) is 0 Å². The van der Waals surface area contributed by atoms with Crippen molar-refractivity contribution in [2.24, 2.45) is 0 Å². The van der Waals surface area contributed by atoms with Crippen LogP contribution in [-0.4, -0.2) is 115 Å². The molecule has 11 nitrogen and oxygen atoms in total. The normalized spacial score (nSPS) is 51.7. The Kier molecular flexibility index (Phi) is 6.27. The molecule has 10 atom stereocenters. The van der Waals surface area contributed by atoms with E-state index in [1.807, 2.05) is 0 Å². The fourth-order valence-corrected chi connectivity index (χ4v) is 2.49. The maximum Gasteiger partial charge on any atom is 0.189 e. The first kappa shape index (κ1) is 18.9. The zero-order valence-electron chi connectivity index (χ0n) is 12.0. The molecule has 0 amide bonds.